The molecule has 30 heavy (non-hydrogen) atoms. The first-order valence-electron chi connectivity index (χ1n) is 10.6. The minimum Gasteiger partial charge on any atom is -0.377 e. The van der Waals surface area contributed by atoms with E-state index in [4.69, 9.17) is 0 Å². The maximum Gasteiger partial charge on any atom is 0.132 e. The van der Waals surface area contributed by atoms with Gasteiger partial charge in [0.25, 0.3) is 0 Å². The molecule has 0 amide bonds. The highest BCUT2D eigenvalue weighted by molar-refractivity contribution is 5.39. The summed E-state index contributed by atoms with van der Waals surface area (Å²) in [4.78, 5) is 0. The number of aryl methyl sites for hydroxylation is 2. The molecule has 3 aromatic carbocycles. The fraction of sp³-hybridized carbons (Fsp3) is 0.286. The molecular weight excluding hydrogens is 366 g/mol. The van der Waals surface area contributed by atoms with E-state index in [1.807, 2.05) is 30.3 Å². The van der Waals surface area contributed by atoms with Crippen molar-refractivity contribution in [2.75, 3.05) is 0 Å². The van der Waals surface area contributed by atoms with Gasteiger partial charge in [0.15, 0.2) is 0 Å². The second-order valence-corrected chi connectivity index (χ2v) is 8.55. The van der Waals surface area contributed by atoms with E-state index in [-0.39, 0.29) is 18.0 Å². The summed E-state index contributed by atoms with van der Waals surface area (Å²) in [5.74, 6) is 6.41. The molecule has 2 nitrogen and oxygen atoms in total. The standard InChI is InChI=1S/C28H29NO/c1-20-9-13-24(14-10-20)26-19-28(30,18-17-23-7-5-4-6-8-23)22(3)27(29-26)25-15-11-21(2)12-16-25/h4-16,22,26-27,29-30H,19H2,1-3H3/t22-,26+,27-,28+/m1/s1. The van der Waals surface area contributed by atoms with Crippen molar-refractivity contribution in [3.63, 3.8) is 0 Å². The maximum atomic E-state index is 11.8. The van der Waals surface area contributed by atoms with Gasteiger partial charge in [0.05, 0.1) is 0 Å². The van der Waals surface area contributed by atoms with Crippen LogP contribution in [0.25, 0.3) is 0 Å². The Morgan fingerprint density at radius 2 is 1.40 bits per heavy atom. The minimum absolute atomic E-state index is 0.0146. The second kappa shape index (κ2) is 8.48. The van der Waals surface area contributed by atoms with Gasteiger partial charge in [-0.2, -0.15) is 0 Å². The molecule has 0 aliphatic carbocycles. The van der Waals surface area contributed by atoms with Gasteiger partial charge in [0, 0.05) is 30.0 Å². The van der Waals surface area contributed by atoms with Crippen LogP contribution in [0.1, 0.15) is 53.2 Å². The first-order chi connectivity index (χ1) is 14.4. The van der Waals surface area contributed by atoms with Crippen molar-refractivity contribution in [1.82, 2.24) is 5.32 Å². The lowest BCUT2D eigenvalue weighted by Gasteiger charge is -2.45. The molecule has 1 fully saturated rings. The molecule has 0 unspecified atom stereocenters. The van der Waals surface area contributed by atoms with E-state index in [0.717, 1.165) is 5.56 Å². The van der Waals surface area contributed by atoms with Crippen LogP contribution in [0.3, 0.4) is 0 Å². The van der Waals surface area contributed by atoms with Crippen LogP contribution in [0.15, 0.2) is 78.9 Å². The molecule has 4 atom stereocenters. The van der Waals surface area contributed by atoms with Gasteiger partial charge < -0.3 is 10.4 Å². The quantitative estimate of drug-likeness (QED) is 0.562. The Kier molecular flexibility index (Phi) is 5.77. The Balaban J connectivity index is 1.73. The van der Waals surface area contributed by atoms with Crippen LogP contribution in [0.4, 0.5) is 0 Å². The molecule has 1 heterocycles. The monoisotopic (exact) mass is 395 g/mol. The number of nitrogens with one attached hydrogen (secondary N) is 1. The van der Waals surface area contributed by atoms with Gasteiger partial charge in [0.1, 0.15) is 5.60 Å². The molecule has 2 heteroatoms. The van der Waals surface area contributed by atoms with Crippen molar-refractivity contribution in [2.45, 2.75) is 44.9 Å². The number of aliphatic hydroxyl groups is 1. The van der Waals surface area contributed by atoms with Crippen LogP contribution >= 0.6 is 0 Å². The van der Waals surface area contributed by atoms with Gasteiger partial charge >= 0.3 is 0 Å². The molecule has 4 rings (SSSR count). The highest BCUT2D eigenvalue weighted by atomic mass is 16.3. The third-order valence-corrected chi connectivity index (χ3v) is 6.26. The molecule has 2 N–H and O–H groups in total. The zero-order chi connectivity index (χ0) is 21.1. The average Bonchev–Trinajstić information content (AvgIpc) is 2.76. The summed E-state index contributed by atoms with van der Waals surface area (Å²) in [6.07, 6.45) is 0.555. The number of piperidine rings is 1. The lowest BCUT2D eigenvalue weighted by Crippen LogP contribution is -2.51. The predicted octanol–water partition coefficient (Wildman–Crippen LogP) is 5.50. The van der Waals surface area contributed by atoms with Crippen LogP contribution in [0.5, 0.6) is 0 Å². The fourth-order valence-electron chi connectivity index (χ4n) is 4.23. The zero-order valence-corrected chi connectivity index (χ0v) is 17.9. The van der Waals surface area contributed by atoms with Gasteiger partial charge in [-0.05, 0) is 37.1 Å². The third-order valence-electron chi connectivity index (χ3n) is 6.26. The topological polar surface area (TPSA) is 32.3 Å². The molecule has 0 radical (unpaired) electrons. The molecule has 1 saturated heterocycles. The Morgan fingerprint density at radius 3 is 2.00 bits per heavy atom. The molecule has 3 aromatic rings. The predicted molar refractivity (Wildman–Crippen MR) is 123 cm³/mol. The van der Waals surface area contributed by atoms with E-state index < -0.39 is 5.60 Å². The molecular formula is C28H29NO. The van der Waals surface area contributed by atoms with Crippen LogP contribution in [0.2, 0.25) is 0 Å². The van der Waals surface area contributed by atoms with Crippen LogP contribution in [0, 0.1) is 31.6 Å². The first-order valence-corrected chi connectivity index (χ1v) is 10.6. The summed E-state index contributed by atoms with van der Waals surface area (Å²) in [7, 11) is 0. The molecule has 0 saturated carbocycles. The normalized spacial score (nSPS) is 25.9. The second-order valence-electron chi connectivity index (χ2n) is 8.55. The SMILES string of the molecule is Cc1ccc([C@@H]2C[C@@](O)(C#Cc3ccccc3)[C@H](C)[C@H](c3ccc(C)cc3)N2)cc1. The van der Waals surface area contributed by atoms with Gasteiger partial charge in [-0.15, -0.1) is 0 Å². The Morgan fingerprint density at radius 1 is 0.833 bits per heavy atom. The fourth-order valence-corrected chi connectivity index (χ4v) is 4.23. The number of hydrogen-bond donors (Lipinski definition) is 2. The number of benzene rings is 3. The summed E-state index contributed by atoms with van der Waals surface area (Å²) in [6, 6.07) is 27.1. The molecule has 1 aliphatic rings. The van der Waals surface area contributed by atoms with Gasteiger partial charge in [-0.1, -0.05) is 96.6 Å². The smallest absolute Gasteiger partial charge is 0.132 e. The minimum atomic E-state index is -1.09. The van der Waals surface area contributed by atoms with E-state index in [1.54, 1.807) is 0 Å². The van der Waals surface area contributed by atoms with E-state index >= 15 is 0 Å². The van der Waals surface area contributed by atoms with Gasteiger partial charge in [-0.25, -0.2) is 0 Å². The van der Waals surface area contributed by atoms with Gasteiger partial charge in [-0.3, -0.25) is 0 Å². The van der Waals surface area contributed by atoms with E-state index in [9.17, 15) is 5.11 Å². The molecule has 0 bridgehead atoms. The summed E-state index contributed by atoms with van der Waals surface area (Å²) >= 11 is 0. The summed E-state index contributed by atoms with van der Waals surface area (Å²) in [6.45, 7) is 6.29. The Hall–Kier alpha value is -2.86. The third kappa shape index (κ3) is 4.33. The summed E-state index contributed by atoms with van der Waals surface area (Å²) < 4.78 is 0. The Labute approximate surface area is 180 Å². The molecule has 0 aromatic heterocycles. The van der Waals surface area contributed by atoms with Crippen molar-refractivity contribution in [1.29, 1.82) is 0 Å². The van der Waals surface area contributed by atoms with Crippen molar-refractivity contribution < 1.29 is 5.11 Å². The summed E-state index contributed by atoms with van der Waals surface area (Å²) in [5.41, 5.74) is 4.67. The van der Waals surface area contributed by atoms with E-state index in [1.165, 1.54) is 22.3 Å². The van der Waals surface area contributed by atoms with E-state index in [2.05, 4.69) is 86.5 Å². The maximum absolute atomic E-state index is 11.8. The zero-order valence-electron chi connectivity index (χ0n) is 17.9. The Bertz CT molecular complexity index is 1040. The summed E-state index contributed by atoms with van der Waals surface area (Å²) in [5, 5.41) is 15.6. The highest BCUT2D eigenvalue weighted by Gasteiger charge is 2.45. The van der Waals surface area contributed by atoms with Crippen LogP contribution < -0.4 is 5.32 Å². The highest BCUT2D eigenvalue weighted by Crippen LogP contribution is 2.43. The van der Waals surface area contributed by atoms with Crippen LogP contribution in [-0.4, -0.2) is 10.7 Å². The average molecular weight is 396 g/mol. The number of hydrogen-bond acceptors (Lipinski definition) is 2. The van der Waals surface area contributed by atoms with Crippen molar-refractivity contribution in [3.05, 3.63) is 107 Å². The van der Waals surface area contributed by atoms with Crippen molar-refractivity contribution in [2.24, 2.45) is 5.92 Å². The molecule has 0 spiro atoms. The van der Waals surface area contributed by atoms with Gasteiger partial charge in [0.2, 0.25) is 0 Å². The van der Waals surface area contributed by atoms with Crippen molar-refractivity contribution in [3.8, 4) is 11.8 Å². The largest absolute Gasteiger partial charge is 0.377 e. The molecule has 1 aliphatic heterocycles. The van der Waals surface area contributed by atoms with Crippen LogP contribution in [-0.2, 0) is 0 Å². The lowest BCUT2D eigenvalue weighted by atomic mass is 9.72. The van der Waals surface area contributed by atoms with Crippen molar-refractivity contribution >= 4 is 0 Å². The first kappa shape index (κ1) is 20.4. The molecule has 152 valence electrons. The number of rotatable bonds is 2. The van der Waals surface area contributed by atoms with E-state index in [0.29, 0.717) is 6.42 Å². The lowest BCUT2D eigenvalue weighted by molar-refractivity contribution is -0.0196.